The molecule has 0 radical (unpaired) electrons. The average Bonchev–Trinajstić information content (AvgIpc) is 3.41. The van der Waals surface area contributed by atoms with Crippen LogP contribution in [0.2, 0.25) is 0 Å². The number of carbonyl (C=O) groups excluding carboxylic acids is 2. The monoisotopic (exact) mass is 367 g/mol. The first-order valence-corrected chi connectivity index (χ1v) is 8.28. The van der Waals surface area contributed by atoms with Gasteiger partial charge in [-0.1, -0.05) is 0 Å². The third kappa shape index (κ3) is 2.84. The minimum atomic E-state index is -1.23. The number of benzene rings is 1. The van der Waals surface area contributed by atoms with Crippen LogP contribution in [-0.4, -0.2) is 28.9 Å². The van der Waals surface area contributed by atoms with Crippen molar-refractivity contribution in [3.8, 4) is 17.2 Å². The van der Waals surface area contributed by atoms with Crippen LogP contribution in [0.5, 0.6) is 5.75 Å². The van der Waals surface area contributed by atoms with Crippen molar-refractivity contribution in [3.63, 3.8) is 0 Å². The second-order valence-corrected chi connectivity index (χ2v) is 6.30. The summed E-state index contributed by atoms with van der Waals surface area (Å²) in [7, 11) is 1.59. The number of urea groups is 1. The summed E-state index contributed by atoms with van der Waals surface area (Å²) in [5, 5.41) is 2.68. The molecule has 27 heavy (non-hydrogen) atoms. The maximum absolute atomic E-state index is 12.8. The minimum absolute atomic E-state index is 0.000615. The lowest BCUT2D eigenvalue weighted by Gasteiger charge is -2.18. The quantitative estimate of drug-likeness (QED) is 0.696. The van der Waals surface area contributed by atoms with Gasteiger partial charge in [0.25, 0.3) is 5.91 Å². The molecule has 8 heteroatoms. The van der Waals surface area contributed by atoms with Crippen LogP contribution >= 0.6 is 0 Å². The van der Waals surface area contributed by atoms with Crippen LogP contribution < -0.4 is 10.1 Å². The predicted octanol–water partition coefficient (Wildman–Crippen LogP) is 2.91. The Balaban J connectivity index is 1.53. The van der Waals surface area contributed by atoms with Gasteiger partial charge in [0.15, 0.2) is 5.54 Å². The second kappa shape index (κ2) is 6.31. The highest BCUT2D eigenvalue weighted by Gasteiger charge is 2.51. The van der Waals surface area contributed by atoms with Crippen molar-refractivity contribution < 1.29 is 23.2 Å². The molecule has 3 heterocycles. The first-order valence-electron chi connectivity index (χ1n) is 8.28. The van der Waals surface area contributed by atoms with Gasteiger partial charge >= 0.3 is 6.03 Å². The van der Waals surface area contributed by atoms with E-state index in [-0.39, 0.29) is 6.54 Å². The highest BCUT2D eigenvalue weighted by atomic mass is 16.5. The molecule has 0 bridgehead atoms. The molecule has 1 aromatic carbocycles. The molecule has 3 aromatic rings. The minimum Gasteiger partial charge on any atom is -0.497 e. The van der Waals surface area contributed by atoms with Gasteiger partial charge in [0.1, 0.15) is 17.8 Å². The molecule has 0 spiro atoms. The number of carbonyl (C=O) groups is 2. The Labute approximate surface area is 154 Å². The number of nitrogens with one attached hydrogen (secondary N) is 1. The maximum atomic E-state index is 12.8. The summed E-state index contributed by atoms with van der Waals surface area (Å²) in [6.07, 6.45) is 2.89. The van der Waals surface area contributed by atoms with E-state index in [0.29, 0.717) is 17.3 Å². The van der Waals surface area contributed by atoms with Crippen molar-refractivity contribution in [3.05, 3.63) is 60.4 Å². The van der Waals surface area contributed by atoms with E-state index in [9.17, 15) is 9.59 Å². The SMILES string of the molecule is COc1ccc(-c2nc(CN3C(=O)N[C@](C)(c4ccco4)C3=O)co2)cc1. The summed E-state index contributed by atoms with van der Waals surface area (Å²) in [6.45, 7) is 1.61. The summed E-state index contributed by atoms with van der Waals surface area (Å²) in [6, 6.07) is 10.0. The van der Waals surface area contributed by atoms with E-state index in [0.717, 1.165) is 16.2 Å². The van der Waals surface area contributed by atoms with Gasteiger partial charge in [-0.15, -0.1) is 0 Å². The van der Waals surface area contributed by atoms with Gasteiger partial charge in [0.2, 0.25) is 5.89 Å². The molecule has 3 amide bonds. The number of ether oxygens (including phenoxy) is 1. The molecular weight excluding hydrogens is 350 g/mol. The van der Waals surface area contributed by atoms with Gasteiger partial charge in [0, 0.05) is 5.56 Å². The van der Waals surface area contributed by atoms with Crippen molar-refractivity contribution in [2.45, 2.75) is 19.0 Å². The fourth-order valence-corrected chi connectivity index (χ4v) is 2.98. The Morgan fingerprint density at radius 3 is 2.63 bits per heavy atom. The number of hydrogen-bond donors (Lipinski definition) is 1. The molecule has 1 aliphatic heterocycles. The molecule has 4 rings (SSSR count). The van der Waals surface area contributed by atoms with Crippen LogP contribution in [0.1, 0.15) is 18.4 Å². The number of oxazole rings is 1. The topological polar surface area (TPSA) is 97.8 Å². The molecule has 1 saturated heterocycles. The molecular formula is C19H17N3O5. The largest absolute Gasteiger partial charge is 0.497 e. The molecule has 0 saturated carbocycles. The van der Waals surface area contributed by atoms with Crippen molar-refractivity contribution in [1.29, 1.82) is 0 Å². The van der Waals surface area contributed by atoms with Gasteiger partial charge in [-0.3, -0.25) is 9.69 Å². The summed E-state index contributed by atoms with van der Waals surface area (Å²) in [4.78, 5) is 30.6. The zero-order chi connectivity index (χ0) is 19.0. The lowest BCUT2D eigenvalue weighted by atomic mass is 9.99. The predicted molar refractivity (Wildman–Crippen MR) is 93.6 cm³/mol. The molecule has 8 nitrogen and oxygen atoms in total. The first kappa shape index (κ1) is 16.9. The van der Waals surface area contributed by atoms with E-state index < -0.39 is 17.5 Å². The fourth-order valence-electron chi connectivity index (χ4n) is 2.98. The third-order valence-corrected chi connectivity index (χ3v) is 4.50. The van der Waals surface area contributed by atoms with E-state index in [1.165, 1.54) is 12.5 Å². The molecule has 1 N–H and O–H groups in total. The van der Waals surface area contributed by atoms with Crippen LogP contribution in [0.3, 0.4) is 0 Å². The van der Waals surface area contributed by atoms with Crippen LogP contribution in [0.15, 0.2) is 57.8 Å². The Morgan fingerprint density at radius 2 is 1.96 bits per heavy atom. The van der Waals surface area contributed by atoms with Crippen molar-refractivity contribution in [2.75, 3.05) is 7.11 Å². The van der Waals surface area contributed by atoms with Crippen LogP contribution in [0.4, 0.5) is 4.79 Å². The van der Waals surface area contributed by atoms with Gasteiger partial charge in [0.05, 0.1) is 25.6 Å². The number of methoxy groups -OCH3 is 1. The number of aromatic nitrogens is 1. The summed E-state index contributed by atoms with van der Waals surface area (Å²) < 4.78 is 15.9. The van der Waals surface area contributed by atoms with Gasteiger partial charge in [-0.05, 0) is 43.3 Å². The molecule has 0 unspecified atom stereocenters. The third-order valence-electron chi connectivity index (χ3n) is 4.50. The van der Waals surface area contributed by atoms with E-state index in [2.05, 4.69) is 10.3 Å². The number of hydrogen-bond acceptors (Lipinski definition) is 6. The Kier molecular flexibility index (Phi) is 3.95. The number of furan rings is 1. The van der Waals surface area contributed by atoms with Crippen molar-refractivity contribution in [1.82, 2.24) is 15.2 Å². The van der Waals surface area contributed by atoms with Crippen LogP contribution in [0, 0.1) is 0 Å². The van der Waals surface area contributed by atoms with Gasteiger partial charge in [-0.25, -0.2) is 9.78 Å². The van der Waals surface area contributed by atoms with E-state index >= 15 is 0 Å². The molecule has 1 atom stereocenters. The highest BCUT2D eigenvalue weighted by Crippen LogP contribution is 2.30. The van der Waals surface area contributed by atoms with E-state index in [4.69, 9.17) is 13.6 Å². The molecule has 1 aliphatic rings. The van der Waals surface area contributed by atoms with E-state index in [1.807, 2.05) is 12.1 Å². The molecule has 138 valence electrons. The molecule has 0 aliphatic carbocycles. The fraction of sp³-hybridized carbons (Fsp3) is 0.211. The summed E-state index contributed by atoms with van der Waals surface area (Å²) in [5.41, 5.74) is -0.00366. The Morgan fingerprint density at radius 1 is 1.19 bits per heavy atom. The molecule has 1 fully saturated rings. The maximum Gasteiger partial charge on any atom is 0.325 e. The summed E-state index contributed by atoms with van der Waals surface area (Å²) >= 11 is 0. The summed E-state index contributed by atoms with van der Waals surface area (Å²) in [5.74, 6) is 1.09. The van der Waals surface area contributed by atoms with Crippen molar-refractivity contribution in [2.24, 2.45) is 0 Å². The second-order valence-electron chi connectivity index (χ2n) is 6.30. The van der Waals surface area contributed by atoms with E-state index in [1.54, 1.807) is 38.3 Å². The Hall–Kier alpha value is -3.55. The van der Waals surface area contributed by atoms with Gasteiger partial charge in [-0.2, -0.15) is 0 Å². The number of amides is 3. The lowest BCUT2D eigenvalue weighted by molar-refractivity contribution is -0.132. The standard InChI is InChI=1S/C19H17N3O5/c1-19(15-4-3-9-26-15)17(23)22(18(24)21-19)10-13-11-27-16(20-13)12-5-7-14(25-2)8-6-12/h3-9,11H,10H2,1-2H3,(H,21,24)/t19-/m1/s1. The van der Waals surface area contributed by atoms with Crippen molar-refractivity contribution >= 4 is 11.9 Å². The Bertz CT molecular complexity index is 977. The number of nitrogens with zero attached hydrogens (tertiary/aromatic N) is 2. The highest BCUT2D eigenvalue weighted by molar-refractivity contribution is 6.06. The number of imide groups is 1. The normalized spacial score (nSPS) is 19.4. The van der Waals surface area contributed by atoms with Crippen LogP contribution in [-0.2, 0) is 16.9 Å². The van der Waals surface area contributed by atoms with Crippen LogP contribution in [0.25, 0.3) is 11.5 Å². The number of rotatable bonds is 5. The smallest absolute Gasteiger partial charge is 0.325 e. The lowest BCUT2D eigenvalue weighted by Crippen LogP contribution is -2.40. The average molecular weight is 367 g/mol. The zero-order valence-electron chi connectivity index (χ0n) is 14.8. The molecule has 2 aromatic heterocycles. The first-order chi connectivity index (χ1) is 13.0. The zero-order valence-corrected chi connectivity index (χ0v) is 14.8. The van der Waals surface area contributed by atoms with Gasteiger partial charge < -0.3 is 18.9 Å².